The lowest BCUT2D eigenvalue weighted by Crippen LogP contribution is -2.27. The van der Waals surface area contributed by atoms with Crippen LogP contribution in [-0.2, 0) is 6.54 Å². The third kappa shape index (κ3) is 3.82. The van der Waals surface area contributed by atoms with Crippen LogP contribution in [0.5, 0.6) is 0 Å². The monoisotopic (exact) mass is 292 g/mol. The van der Waals surface area contributed by atoms with Crippen molar-refractivity contribution in [3.8, 4) is 0 Å². The van der Waals surface area contributed by atoms with Crippen LogP contribution in [0.3, 0.4) is 0 Å². The molecule has 3 N–H and O–H groups in total. The first-order chi connectivity index (χ1) is 9.95. The van der Waals surface area contributed by atoms with Crippen molar-refractivity contribution in [2.24, 2.45) is 0 Å². The van der Waals surface area contributed by atoms with Gasteiger partial charge in [-0.15, -0.1) is 0 Å². The van der Waals surface area contributed by atoms with Crippen molar-refractivity contribution < 1.29 is 23.5 Å². The molecule has 2 rings (SSSR count). The number of carbonyl (C=O) groups excluding carboxylic acids is 1. The maximum atomic E-state index is 12.7. The molecule has 1 heterocycles. The number of carboxylic acids is 1. The van der Waals surface area contributed by atoms with Gasteiger partial charge in [0.15, 0.2) is 0 Å². The van der Waals surface area contributed by atoms with Crippen molar-refractivity contribution in [3.63, 3.8) is 0 Å². The van der Waals surface area contributed by atoms with Crippen LogP contribution in [-0.4, -0.2) is 17.1 Å². The Bertz CT molecular complexity index is 664. The topological polar surface area (TPSA) is 91.6 Å². The summed E-state index contributed by atoms with van der Waals surface area (Å²) in [4.78, 5) is 22.5. The highest BCUT2D eigenvalue weighted by molar-refractivity contribution is 5.90. The van der Waals surface area contributed by atoms with E-state index in [1.165, 1.54) is 37.3 Å². The fraction of sp³-hybridized carbons (Fsp3) is 0.143. The van der Waals surface area contributed by atoms with E-state index < -0.39 is 17.8 Å². The number of nitrogens with one attached hydrogen (secondary N) is 2. The minimum atomic E-state index is -1.08. The predicted molar refractivity (Wildman–Crippen MR) is 72.7 cm³/mol. The van der Waals surface area contributed by atoms with Crippen molar-refractivity contribution in [2.75, 3.05) is 5.32 Å². The summed E-state index contributed by atoms with van der Waals surface area (Å²) in [7, 11) is 0. The smallest absolute Gasteiger partial charge is 0.339 e. The number of urea groups is 1. The molecule has 6 nitrogen and oxygen atoms in total. The van der Waals surface area contributed by atoms with Crippen molar-refractivity contribution in [3.05, 3.63) is 53.2 Å². The van der Waals surface area contributed by atoms with Crippen LogP contribution in [0.4, 0.5) is 14.9 Å². The molecule has 0 saturated heterocycles. The van der Waals surface area contributed by atoms with Crippen LogP contribution < -0.4 is 10.6 Å². The number of aryl methyl sites for hydroxylation is 1. The van der Waals surface area contributed by atoms with Gasteiger partial charge in [0.2, 0.25) is 0 Å². The van der Waals surface area contributed by atoms with Crippen LogP contribution in [0.25, 0.3) is 0 Å². The number of benzene rings is 1. The van der Waals surface area contributed by atoms with Crippen molar-refractivity contribution in [1.29, 1.82) is 0 Å². The Morgan fingerprint density at radius 2 is 1.95 bits per heavy atom. The fourth-order valence-corrected chi connectivity index (χ4v) is 1.72. The minimum Gasteiger partial charge on any atom is -0.478 e. The van der Waals surface area contributed by atoms with E-state index in [1.807, 2.05) is 0 Å². The largest absolute Gasteiger partial charge is 0.478 e. The molecule has 0 unspecified atom stereocenters. The Kier molecular flexibility index (Phi) is 4.22. The Labute approximate surface area is 119 Å². The predicted octanol–water partition coefficient (Wildman–Crippen LogP) is 2.75. The number of amides is 2. The fourth-order valence-electron chi connectivity index (χ4n) is 1.72. The van der Waals surface area contributed by atoms with E-state index in [4.69, 9.17) is 9.52 Å². The van der Waals surface area contributed by atoms with Gasteiger partial charge >= 0.3 is 12.0 Å². The van der Waals surface area contributed by atoms with Crippen LogP contribution in [0, 0.1) is 12.7 Å². The van der Waals surface area contributed by atoms with Gasteiger partial charge in [0.05, 0.1) is 6.54 Å². The molecule has 0 atom stereocenters. The lowest BCUT2D eigenvalue weighted by Gasteiger charge is -2.06. The van der Waals surface area contributed by atoms with E-state index in [0.717, 1.165) is 0 Å². The minimum absolute atomic E-state index is 0.0428. The highest BCUT2D eigenvalue weighted by atomic mass is 19.1. The first-order valence-electron chi connectivity index (χ1n) is 6.08. The third-order valence-corrected chi connectivity index (χ3v) is 2.72. The molecule has 0 bridgehead atoms. The molecule has 0 aliphatic heterocycles. The number of carboxylic acid groups (broad SMARTS) is 1. The Hall–Kier alpha value is -2.83. The first kappa shape index (κ1) is 14.6. The summed E-state index contributed by atoms with van der Waals surface area (Å²) < 4.78 is 17.9. The summed E-state index contributed by atoms with van der Waals surface area (Å²) in [6, 6.07) is 6.15. The van der Waals surface area contributed by atoms with Crippen molar-refractivity contribution >= 4 is 17.7 Å². The second-order valence-electron chi connectivity index (χ2n) is 4.30. The number of hydrogen-bond acceptors (Lipinski definition) is 3. The second-order valence-corrected chi connectivity index (χ2v) is 4.30. The third-order valence-electron chi connectivity index (χ3n) is 2.72. The molecule has 2 aromatic rings. The molecule has 21 heavy (non-hydrogen) atoms. The Balaban J connectivity index is 1.90. The van der Waals surface area contributed by atoms with Gasteiger partial charge in [-0.3, -0.25) is 0 Å². The molecule has 0 fully saturated rings. The summed E-state index contributed by atoms with van der Waals surface area (Å²) in [6.45, 7) is 1.58. The van der Waals surface area contributed by atoms with Gasteiger partial charge in [-0.1, -0.05) is 0 Å². The molecule has 0 aliphatic rings. The number of rotatable bonds is 4. The van der Waals surface area contributed by atoms with E-state index in [9.17, 15) is 14.0 Å². The van der Waals surface area contributed by atoms with Gasteiger partial charge < -0.3 is 20.2 Å². The maximum Gasteiger partial charge on any atom is 0.339 e. The van der Waals surface area contributed by atoms with Crippen LogP contribution in [0.1, 0.15) is 21.9 Å². The molecular formula is C14H13FN2O4. The summed E-state index contributed by atoms with van der Waals surface area (Å²) in [5.41, 5.74) is 0.501. The summed E-state index contributed by atoms with van der Waals surface area (Å²) >= 11 is 0. The van der Waals surface area contributed by atoms with Gasteiger partial charge in [-0.2, -0.15) is 0 Å². The molecular weight excluding hydrogens is 279 g/mol. The maximum absolute atomic E-state index is 12.7. The van der Waals surface area contributed by atoms with Crippen molar-refractivity contribution in [1.82, 2.24) is 5.32 Å². The Morgan fingerprint density at radius 1 is 1.29 bits per heavy atom. The van der Waals surface area contributed by atoms with Crippen LogP contribution >= 0.6 is 0 Å². The molecule has 2 amide bonds. The average molecular weight is 292 g/mol. The van der Waals surface area contributed by atoms with Gasteiger partial charge in [-0.05, 0) is 37.3 Å². The highest BCUT2D eigenvalue weighted by Crippen LogP contribution is 2.14. The molecule has 0 spiro atoms. The van der Waals surface area contributed by atoms with Crippen molar-refractivity contribution in [2.45, 2.75) is 13.5 Å². The van der Waals surface area contributed by atoms with Gasteiger partial charge in [-0.25, -0.2) is 14.0 Å². The summed E-state index contributed by atoms with van der Waals surface area (Å²) in [5.74, 6) is -0.871. The van der Waals surface area contributed by atoms with E-state index in [-0.39, 0.29) is 17.9 Å². The molecule has 0 aliphatic carbocycles. The quantitative estimate of drug-likeness (QED) is 0.808. The lowest BCUT2D eigenvalue weighted by molar-refractivity contribution is 0.0695. The van der Waals surface area contributed by atoms with Gasteiger partial charge in [0.25, 0.3) is 0 Å². The van der Waals surface area contributed by atoms with Crippen LogP contribution in [0.2, 0.25) is 0 Å². The number of halogens is 1. The molecule has 1 aromatic heterocycles. The molecule has 0 radical (unpaired) electrons. The van der Waals surface area contributed by atoms with Gasteiger partial charge in [0, 0.05) is 5.69 Å². The van der Waals surface area contributed by atoms with Crippen LogP contribution in [0.15, 0.2) is 34.7 Å². The SMILES string of the molecule is Cc1oc(CNC(=O)Nc2ccc(F)cc2)cc1C(=O)O. The average Bonchev–Trinajstić information content (AvgIpc) is 2.81. The molecule has 1 aromatic carbocycles. The first-order valence-corrected chi connectivity index (χ1v) is 6.08. The number of hydrogen-bond donors (Lipinski definition) is 3. The second kappa shape index (κ2) is 6.08. The summed E-state index contributed by atoms with van der Waals surface area (Å²) in [6.07, 6.45) is 0. The van der Waals surface area contributed by atoms with Gasteiger partial charge in [0.1, 0.15) is 22.9 Å². The molecule has 110 valence electrons. The number of carbonyl (C=O) groups is 2. The zero-order chi connectivity index (χ0) is 15.4. The van der Waals surface area contributed by atoms with E-state index >= 15 is 0 Å². The standard InChI is InChI=1S/C14H13FN2O4/c1-8-12(13(18)19)6-11(21-8)7-16-14(20)17-10-4-2-9(15)3-5-10/h2-6H,7H2,1H3,(H,18,19)(H2,16,17,20). The zero-order valence-electron chi connectivity index (χ0n) is 11.1. The molecule has 7 heteroatoms. The van der Waals surface area contributed by atoms with E-state index in [1.54, 1.807) is 0 Å². The lowest BCUT2D eigenvalue weighted by atomic mass is 10.2. The van der Waals surface area contributed by atoms with E-state index in [0.29, 0.717) is 11.4 Å². The molecule has 0 saturated carbocycles. The zero-order valence-corrected chi connectivity index (χ0v) is 11.1. The summed E-state index contributed by atoms with van der Waals surface area (Å²) in [5, 5.41) is 13.9. The normalized spacial score (nSPS) is 10.2. The highest BCUT2D eigenvalue weighted by Gasteiger charge is 2.14. The number of aromatic carboxylic acids is 1. The number of anilines is 1. The Morgan fingerprint density at radius 3 is 2.52 bits per heavy atom. The van der Waals surface area contributed by atoms with E-state index in [2.05, 4.69) is 10.6 Å². The number of furan rings is 1.